The summed E-state index contributed by atoms with van der Waals surface area (Å²) in [6.07, 6.45) is 1.28. The zero-order valence-corrected chi connectivity index (χ0v) is 20.1. The zero-order valence-electron chi connectivity index (χ0n) is 18.5. The maximum Gasteiger partial charge on any atom is 0.343 e. The number of nitrogens with one attached hydrogen (secondary N) is 2. The minimum absolute atomic E-state index is 0.241. The number of esters is 1. The molecule has 2 N–H and O–H groups in total. The van der Waals surface area contributed by atoms with Crippen LogP contribution in [0.3, 0.4) is 0 Å². The van der Waals surface area contributed by atoms with Gasteiger partial charge in [-0.3, -0.25) is 9.59 Å². The molecule has 9 heteroatoms. The molecule has 0 aliphatic rings. The molecule has 8 nitrogen and oxygen atoms in total. The lowest BCUT2D eigenvalue weighted by atomic mass is 10.1. The van der Waals surface area contributed by atoms with Crippen molar-refractivity contribution in [2.24, 2.45) is 5.10 Å². The average Bonchev–Trinajstić information content (AvgIpc) is 2.82. The van der Waals surface area contributed by atoms with Crippen molar-refractivity contribution >= 4 is 45.6 Å². The molecule has 174 valence electrons. The van der Waals surface area contributed by atoms with Crippen LogP contribution in [0.2, 0.25) is 0 Å². The van der Waals surface area contributed by atoms with E-state index < -0.39 is 17.8 Å². The largest absolute Gasteiger partial charge is 0.494 e. The van der Waals surface area contributed by atoms with Crippen LogP contribution in [-0.4, -0.2) is 30.6 Å². The van der Waals surface area contributed by atoms with Crippen molar-refractivity contribution in [2.45, 2.75) is 13.8 Å². The van der Waals surface area contributed by atoms with E-state index in [1.54, 1.807) is 54.6 Å². The van der Waals surface area contributed by atoms with Crippen molar-refractivity contribution in [1.29, 1.82) is 0 Å². The molecule has 0 fully saturated rings. The number of benzene rings is 3. The first kappa shape index (κ1) is 24.7. The minimum Gasteiger partial charge on any atom is -0.494 e. The van der Waals surface area contributed by atoms with Gasteiger partial charge in [0.05, 0.1) is 18.4 Å². The maximum atomic E-state index is 12.5. The Kier molecular flexibility index (Phi) is 8.53. The third-order valence-electron chi connectivity index (χ3n) is 4.46. The first-order valence-corrected chi connectivity index (χ1v) is 11.1. The summed E-state index contributed by atoms with van der Waals surface area (Å²) in [5.41, 5.74) is 4.43. The summed E-state index contributed by atoms with van der Waals surface area (Å²) in [6, 6.07) is 18.5. The second-order valence-corrected chi connectivity index (χ2v) is 7.96. The number of aryl methyl sites for hydroxylation is 1. The van der Waals surface area contributed by atoms with E-state index in [9.17, 15) is 14.4 Å². The van der Waals surface area contributed by atoms with Gasteiger partial charge < -0.3 is 14.8 Å². The van der Waals surface area contributed by atoms with Gasteiger partial charge in [-0.2, -0.15) is 5.10 Å². The Morgan fingerprint density at radius 3 is 2.35 bits per heavy atom. The molecule has 3 rings (SSSR count). The predicted molar refractivity (Wildman–Crippen MR) is 132 cm³/mol. The summed E-state index contributed by atoms with van der Waals surface area (Å²) in [4.78, 5) is 36.7. The zero-order chi connectivity index (χ0) is 24.5. The van der Waals surface area contributed by atoms with Crippen molar-refractivity contribution in [3.8, 4) is 11.5 Å². The van der Waals surface area contributed by atoms with E-state index in [2.05, 4.69) is 31.8 Å². The summed E-state index contributed by atoms with van der Waals surface area (Å²) in [6.45, 7) is 4.31. The van der Waals surface area contributed by atoms with Gasteiger partial charge in [-0.25, -0.2) is 10.2 Å². The average molecular weight is 524 g/mol. The second-order valence-electron chi connectivity index (χ2n) is 7.05. The van der Waals surface area contributed by atoms with Crippen LogP contribution in [-0.2, 0) is 9.59 Å². The molecule has 0 unspecified atom stereocenters. The maximum absolute atomic E-state index is 12.5. The molecular formula is C25H22BrN3O5. The fraction of sp³-hybridized carbons (Fsp3) is 0.120. The van der Waals surface area contributed by atoms with Gasteiger partial charge in [-0.1, -0.05) is 33.6 Å². The third kappa shape index (κ3) is 7.01. The number of rotatable bonds is 7. The molecule has 34 heavy (non-hydrogen) atoms. The molecule has 0 bridgehead atoms. The van der Waals surface area contributed by atoms with Crippen molar-refractivity contribution in [1.82, 2.24) is 5.43 Å². The Morgan fingerprint density at radius 2 is 1.68 bits per heavy atom. The lowest BCUT2D eigenvalue weighted by Gasteiger charge is -2.08. The molecule has 3 aromatic carbocycles. The Hall–Kier alpha value is -3.98. The predicted octanol–water partition coefficient (Wildman–Crippen LogP) is 4.46. The third-order valence-corrected chi connectivity index (χ3v) is 4.95. The van der Waals surface area contributed by atoms with Gasteiger partial charge in [-0.15, -0.1) is 0 Å². The normalized spacial score (nSPS) is 10.6. The molecule has 3 aromatic rings. The standard InChI is InChI=1S/C25H22BrN3O5/c1-3-33-21-11-9-20(10-12-21)28-23(30)24(31)29-27-15-18-14-19(26)8-13-22(18)34-25(32)17-6-4-16(2)5-7-17/h4-15H,3H2,1-2H3,(H,28,30)(H,29,31). The lowest BCUT2D eigenvalue weighted by Crippen LogP contribution is -2.32. The van der Waals surface area contributed by atoms with Crippen LogP contribution < -0.4 is 20.2 Å². The first-order chi connectivity index (χ1) is 16.4. The molecule has 0 aromatic heterocycles. The van der Waals surface area contributed by atoms with Gasteiger partial charge >= 0.3 is 17.8 Å². The van der Waals surface area contributed by atoms with Crippen molar-refractivity contribution in [2.75, 3.05) is 11.9 Å². The van der Waals surface area contributed by atoms with Gasteiger partial charge in [0.15, 0.2) is 0 Å². The number of amides is 2. The number of carbonyl (C=O) groups is 3. The van der Waals surface area contributed by atoms with Gasteiger partial charge in [0.25, 0.3) is 0 Å². The summed E-state index contributed by atoms with van der Waals surface area (Å²) < 4.78 is 11.5. The lowest BCUT2D eigenvalue weighted by molar-refractivity contribution is -0.136. The van der Waals surface area contributed by atoms with E-state index in [0.29, 0.717) is 33.6 Å². The first-order valence-electron chi connectivity index (χ1n) is 10.3. The van der Waals surface area contributed by atoms with Crippen LogP contribution >= 0.6 is 15.9 Å². The van der Waals surface area contributed by atoms with E-state index in [1.807, 2.05) is 26.0 Å². The molecule has 0 heterocycles. The number of hydrogen-bond donors (Lipinski definition) is 2. The van der Waals surface area contributed by atoms with Crippen LogP contribution in [0.1, 0.15) is 28.4 Å². The molecule has 0 radical (unpaired) electrons. The molecule has 0 atom stereocenters. The molecule has 0 saturated heterocycles. The van der Waals surface area contributed by atoms with Crippen LogP contribution in [0.4, 0.5) is 5.69 Å². The highest BCUT2D eigenvalue weighted by Crippen LogP contribution is 2.23. The van der Waals surface area contributed by atoms with Gasteiger partial charge in [0, 0.05) is 15.7 Å². The number of halogens is 1. The second kappa shape index (κ2) is 11.8. The Balaban J connectivity index is 1.62. The van der Waals surface area contributed by atoms with Crippen molar-refractivity contribution < 1.29 is 23.9 Å². The monoisotopic (exact) mass is 523 g/mol. The van der Waals surface area contributed by atoms with Crippen molar-refractivity contribution in [3.05, 3.63) is 87.9 Å². The summed E-state index contributed by atoms with van der Waals surface area (Å²) in [7, 11) is 0. The SMILES string of the molecule is CCOc1ccc(NC(=O)C(=O)NN=Cc2cc(Br)ccc2OC(=O)c2ccc(C)cc2)cc1. The highest BCUT2D eigenvalue weighted by atomic mass is 79.9. The van der Waals surface area contributed by atoms with E-state index >= 15 is 0 Å². The van der Waals surface area contributed by atoms with E-state index in [4.69, 9.17) is 9.47 Å². The van der Waals surface area contributed by atoms with Crippen LogP contribution in [0.15, 0.2) is 76.3 Å². The highest BCUT2D eigenvalue weighted by Gasteiger charge is 2.14. The molecule has 0 aliphatic heterocycles. The van der Waals surface area contributed by atoms with Gasteiger partial charge in [-0.05, 0) is 68.4 Å². The molecule has 0 aliphatic carbocycles. The molecular weight excluding hydrogens is 502 g/mol. The van der Waals surface area contributed by atoms with Crippen LogP contribution in [0.5, 0.6) is 11.5 Å². The van der Waals surface area contributed by atoms with E-state index in [1.165, 1.54) is 6.21 Å². The quantitative estimate of drug-likeness (QED) is 0.156. The van der Waals surface area contributed by atoms with Crippen LogP contribution in [0.25, 0.3) is 0 Å². The number of carbonyl (C=O) groups excluding carboxylic acids is 3. The number of hydrogen-bond acceptors (Lipinski definition) is 6. The summed E-state index contributed by atoms with van der Waals surface area (Å²) >= 11 is 3.35. The van der Waals surface area contributed by atoms with E-state index in [0.717, 1.165) is 5.56 Å². The Labute approximate surface area is 205 Å². The number of nitrogens with zero attached hydrogens (tertiary/aromatic N) is 1. The topological polar surface area (TPSA) is 106 Å². The van der Waals surface area contributed by atoms with Crippen molar-refractivity contribution in [3.63, 3.8) is 0 Å². The highest BCUT2D eigenvalue weighted by molar-refractivity contribution is 9.10. The molecule has 0 spiro atoms. The van der Waals surface area contributed by atoms with Gasteiger partial charge in [0.2, 0.25) is 0 Å². The molecule has 0 saturated carbocycles. The van der Waals surface area contributed by atoms with Crippen LogP contribution in [0, 0.1) is 6.92 Å². The molecule has 2 amide bonds. The summed E-state index contributed by atoms with van der Waals surface area (Å²) in [5.74, 6) is -1.48. The van der Waals surface area contributed by atoms with Gasteiger partial charge in [0.1, 0.15) is 11.5 Å². The Morgan fingerprint density at radius 1 is 0.971 bits per heavy atom. The summed E-state index contributed by atoms with van der Waals surface area (Å²) in [5, 5.41) is 6.29. The van der Waals surface area contributed by atoms with E-state index in [-0.39, 0.29) is 5.75 Å². The fourth-order valence-corrected chi connectivity index (χ4v) is 3.14. The number of ether oxygens (including phenoxy) is 2. The Bertz CT molecular complexity index is 1210. The smallest absolute Gasteiger partial charge is 0.343 e. The number of hydrazone groups is 1. The minimum atomic E-state index is -0.960. The fourth-order valence-electron chi connectivity index (χ4n) is 2.76. The number of anilines is 1.